The summed E-state index contributed by atoms with van der Waals surface area (Å²) in [5.74, 6) is 1.04. The summed E-state index contributed by atoms with van der Waals surface area (Å²) < 4.78 is 7.10. The van der Waals surface area contributed by atoms with Gasteiger partial charge in [-0.05, 0) is 36.6 Å². The molecule has 0 saturated carbocycles. The van der Waals surface area contributed by atoms with Gasteiger partial charge >= 0.3 is 0 Å². The molecule has 1 amide bonds. The minimum absolute atomic E-state index is 0.0438. The predicted octanol–water partition coefficient (Wildman–Crippen LogP) is 2.37. The van der Waals surface area contributed by atoms with Gasteiger partial charge in [-0.2, -0.15) is 0 Å². The lowest BCUT2D eigenvalue weighted by Crippen LogP contribution is -2.39. The van der Waals surface area contributed by atoms with Crippen LogP contribution in [0, 0.1) is 0 Å². The zero-order valence-corrected chi connectivity index (χ0v) is 14.8. The lowest BCUT2D eigenvalue weighted by atomic mass is 9.93. The summed E-state index contributed by atoms with van der Waals surface area (Å²) in [6.45, 7) is 2.66. The third-order valence-electron chi connectivity index (χ3n) is 4.40. The first-order valence-electron chi connectivity index (χ1n) is 7.80. The Hall–Kier alpha value is -2.15. The number of nitrogens with zero attached hydrogens (tertiary/aromatic N) is 3. The molecular weight excluding hydrogens is 326 g/mol. The summed E-state index contributed by atoms with van der Waals surface area (Å²) in [5.41, 5.74) is 2.10. The number of rotatable bonds is 4. The van der Waals surface area contributed by atoms with E-state index < -0.39 is 0 Å². The number of carbonyl (C=O) groups excluding carboxylic acids is 1. The van der Waals surface area contributed by atoms with Gasteiger partial charge in [0.05, 0.1) is 18.9 Å². The fourth-order valence-corrected chi connectivity index (χ4v) is 3.86. The van der Waals surface area contributed by atoms with Crippen LogP contribution in [0.25, 0.3) is 0 Å². The highest BCUT2D eigenvalue weighted by molar-refractivity contribution is 7.99. The molecule has 0 spiro atoms. The number of imidazole rings is 1. The number of phenolic OH excluding ortho intramolecular Hbond substituents is 1. The molecule has 0 saturated heterocycles. The maximum absolute atomic E-state index is 12.6. The number of thioether (sulfide) groups is 1. The van der Waals surface area contributed by atoms with E-state index in [1.54, 1.807) is 12.3 Å². The van der Waals surface area contributed by atoms with Crippen molar-refractivity contribution in [2.45, 2.75) is 24.5 Å². The average Bonchev–Trinajstić information content (AvgIpc) is 2.97. The summed E-state index contributed by atoms with van der Waals surface area (Å²) in [5, 5.41) is 10.8. The van der Waals surface area contributed by atoms with Gasteiger partial charge in [0.2, 0.25) is 5.91 Å². The van der Waals surface area contributed by atoms with Crippen LogP contribution in [0.15, 0.2) is 29.7 Å². The van der Waals surface area contributed by atoms with Crippen LogP contribution in [0.5, 0.6) is 11.5 Å². The molecule has 0 fully saturated rings. The lowest BCUT2D eigenvalue weighted by Gasteiger charge is -2.35. The monoisotopic (exact) mass is 347 g/mol. The second-order valence-corrected chi connectivity index (χ2v) is 6.79. The molecule has 1 N–H and O–H groups in total. The Morgan fingerprint density at radius 3 is 2.96 bits per heavy atom. The molecule has 1 aliphatic rings. The fourth-order valence-electron chi connectivity index (χ4n) is 3.04. The number of amides is 1. The largest absolute Gasteiger partial charge is 0.504 e. The maximum atomic E-state index is 12.6. The Kier molecular flexibility index (Phi) is 4.71. The molecule has 0 unspecified atom stereocenters. The van der Waals surface area contributed by atoms with E-state index in [1.807, 2.05) is 35.7 Å². The Morgan fingerprint density at radius 2 is 2.29 bits per heavy atom. The number of carbonyl (C=O) groups is 1. The first-order valence-corrected chi connectivity index (χ1v) is 8.79. The van der Waals surface area contributed by atoms with Gasteiger partial charge in [-0.25, -0.2) is 4.98 Å². The van der Waals surface area contributed by atoms with Crippen molar-refractivity contribution in [2.24, 2.45) is 7.05 Å². The number of fused-ring (bicyclic) bond motifs is 1. The van der Waals surface area contributed by atoms with Crippen molar-refractivity contribution in [3.05, 3.63) is 35.7 Å². The van der Waals surface area contributed by atoms with Crippen LogP contribution in [0.4, 0.5) is 0 Å². The molecule has 6 nitrogen and oxygen atoms in total. The topological polar surface area (TPSA) is 67.6 Å². The number of methoxy groups -OCH3 is 1. The number of aromatic nitrogens is 2. The molecule has 1 atom stereocenters. The van der Waals surface area contributed by atoms with Crippen molar-refractivity contribution < 1.29 is 14.6 Å². The van der Waals surface area contributed by atoms with Crippen LogP contribution in [-0.4, -0.2) is 44.9 Å². The third kappa shape index (κ3) is 3.08. The summed E-state index contributed by atoms with van der Waals surface area (Å²) >= 11 is 1.44. The van der Waals surface area contributed by atoms with Crippen LogP contribution in [0.2, 0.25) is 0 Å². The van der Waals surface area contributed by atoms with Gasteiger partial charge in [0, 0.05) is 26.0 Å². The van der Waals surface area contributed by atoms with Gasteiger partial charge < -0.3 is 19.3 Å². The smallest absolute Gasteiger partial charge is 0.233 e. The van der Waals surface area contributed by atoms with Crippen molar-refractivity contribution in [1.29, 1.82) is 0 Å². The molecule has 0 aliphatic carbocycles. The molecule has 2 aromatic rings. The average molecular weight is 347 g/mol. The fraction of sp³-hybridized carbons (Fsp3) is 0.412. The predicted molar refractivity (Wildman–Crippen MR) is 92.4 cm³/mol. The highest BCUT2D eigenvalue weighted by atomic mass is 32.2. The van der Waals surface area contributed by atoms with E-state index >= 15 is 0 Å². The summed E-state index contributed by atoms with van der Waals surface area (Å²) in [6, 6.07) is 3.54. The van der Waals surface area contributed by atoms with E-state index in [-0.39, 0.29) is 17.7 Å². The van der Waals surface area contributed by atoms with Gasteiger partial charge in [0.1, 0.15) is 0 Å². The van der Waals surface area contributed by atoms with Crippen LogP contribution >= 0.6 is 11.8 Å². The third-order valence-corrected chi connectivity index (χ3v) is 5.45. The maximum Gasteiger partial charge on any atom is 0.233 e. The summed E-state index contributed by atoms with van der Waals surface area (Å²) in [6.07, 6.45) is 4.33. The number of hydrogen-bond acceptors (Lipinski definition) is 5. The molecule has 1 aromatic heterocycles. The Labute approximate surface area is 145 Å². The van der Waals surface area contributed by atoms with E-state index in [9.17, 15) is 9.90 Å². The number of aromatic hydroxyl groups is 1. The minimum Gasteiger partial charge on any atom is -0.504 e. The molecule has 24 heavy (non-hydrogen) atoms. The number of benzene rings is 1. The van der Waals surface area contributed by atoms with Gasteiger partial charge in [-0.1, -0.05) is 11.8 Å². The first kappa shape index (κ1) is 16.7. The van der Waals surface area contributed by atoms with E-state index in [0.717, 1.165) is 22.7 Å². The summed E-state index contributed by atoms with van der Waals surface area (Å²) in [4.78, 5) is 18.7. The lowest BCUT2D eigenvalue weighted by molar-refractivity contribution is -0.130. The highest BCUT2D eigenvalue weighted by Gasteiger charge is 2.29. The Morgan fingerprint density at radius 1 is 1.50 bits per heavy atom. The van der Waals surface area contributed by atoms with Crippen LogP contribution in [0.3, 0.4) is 0 Å². The van der Waals surface area contributed by atoms with Crippen LogP contribution in [-0.2, 0) is 18.3 Å². The number of aryl methyl sites for hydroxylation is 1. The highest BCUT2D eigenvalue weighted by Crippen LogP contribution is 2.37. The van der Waals surface area contributed by atoms with Crippen molar-refractivity contribution >= 4 is 17.7 Å². The van der Waals surface area contributed by atoms with E-state index in [2.05, 4.69) is 4.98 Å². The molecule has 7 heteroatoms. The molecule has 2 heterocycles. The van der Waals surface area contributed by atoms with Crippen molar-refractivity contribution in [3.63, 3.8) is 0 Å². The normalized spacial score (nSPS) is 16.8. The zero-order chi connectivity index (χ0) is 17.3. The van der Waals surface area contributed by atoms with E-state index in [1.165, 1.54) is 18.9 Å². The summed E-state index contributed by atoms with van der Waals surface area (Å²) in [7, 11) is 3.44. The standard InChI is InChI=1S/C17H21N3O3S/c1-11-13-9-15(23-3)14(21)8-12(13)4-6-20(11)16(22)10-24-17-18-5-7-19(17)2/h5,7-9,11,21H,4,6,10H2,1-3H3/t11-/m1/s1. The molecule has 1 aliphatic heterocycles. The van der Waals surface area contributed by atoms with Crippen LogP contribution in [0.1, 0.15) is 24.1 Å². The van der Waals surface area contributed by atoms with Crippen LogP contribution < -0.4 is 4.74 Å². The first-order chi connectivity index (χ1) is 11.5. The zero-order valence-electron chi connectivity index (χ0n) is 14.0. The Balaban J connectivity index is 1.74. The Bertz CT molecular complexity index is 760. The second kappa shape index (κ2) is 6.76. The molecule has 1 aromatic carbocycles. The minimum atomic E-state index is -0.0438. The van der Waals surface area contributed by atoms with Gasteiger partial charge in [0.15, 0.2) is 16.7 Å². The SMILES string of the molecule is COc1cc2c(cc1O)CCN(C(=O)CSc1nccn1C)[C@@H]2C. The number of hydrogen-bond donors (Lipinski definition) is 1. The molecule has 128 valence electrons. The molecule has 0 radical (unpaired) electrons. The number of ether oxygens (including phenoxy) is 1. The molecular formula is C17H21N3O3S. The quantitative estimate of drug-likeness (QED) is 0.860. The second-order valence-electron chi connectivity index (χ2n) is 5.85. The number of phenols is 1. The van der Waals surface area contributed by atoms with Gasteiger partial charge in [-0.15, -0.1) is 0 Å². The van der Waals surface area contributed by atoms with Crippen molar-refractivity contribution in [1.82, 2.24) is 14.5 Å². The van der Waals surface area contributed by atoms with Gasteiger partial charge in [-0.3, -0.25) is 4.79 Å². The van der Waals surface area contributed by atoms with Crippen molar-refractivity contribution in [2.75, 3.05) is 19.4 Å². The van der Waals surface area contributed by atoms with Gasteiger partial charge in [0.25, 0.3) is 0 Å². The molecule has 3 rings (SSSR count). The van der Waals surface area contributed by atoms with Crippen molar-refractivity contribution in [3.8, 4) is 11.5 Å². The molecule has 0 bridgehead atoms. The van der Waals surface area contributed by atoms with E-state index in [4.69, 9.17) is 4.74 Å². The van der Waals surface area contributed by atoms with E-state index in [0.29, 0.717) is 18.0 Å².